The second-order valence-electron chi connectivity index (χ2n) is 6.53. The monoisotopic (exact) mass is 439 g/mol. The molecule has 0 radical (unpaired) electrons. The molecule has 1 nitrogen and oxygen atoms in total. The summed E-state index contributed by atoms with van der Waals surface area (Å²) < 4.78 is 2.53. The molecule has 1 aliphatic rings. The van der Waals surface area contributed by atoms with E-state index >= 15 is 0 Å². The summed E-state index contributed by atoms with van der Waals surface area (Å²) in [5.41, 5.74) is 8.21. The molecule has 0 atom stereocenters. The molecule has 2 heteroatoms. The topological polar surface area (TPSA) is 3.01 Å². The standard InChI is InChI=1S/C23H22N.HI/c1-18-12-13-20-14-15-24(17-19-8-4-2-5-9-19)23(22(20)16-18)21-10-6-3-7-11-21;/h2-13,16H,14-15,17H2,1H3;1H/q+1;/p-1. The minimum atomic E-state index is 0. The highest BCUT2D eigenvalue weighted by Gasteiger charge is 2.27. The van der Waals surface area contributed by atoms with E-state index in [4.69, 9.17) is 0 Å². The Kier molecular flexibility index (Phi) is 5.69. The van der Waals surface area contributed by atoms with Crippen molar-refractivity contribution in [2.24, 2.45) is 0 Å². The van der Waals surface area contributed by atoms with E-state index in [1.165, 1.54) is 33.5 Å². The van der Waals surface area contributed by atoms with Gasteiger partial charge in [-0.2, -0.15) is 0 Å². The van der Waals surface area contributed by atoms with Gasteiger partial charge in [0.2, 0.25) is 5.71 Å². The minimum absolute atomic E-state index is 0. The van der Waals surface area contributed by atoms with Gasteiger partial charge in [0.05, 0.1) is 5.56 Å². The molecular formula is C23H22IN. The molecular weight excluding hydrogens is 417 g/mol. The summed E-state index contributed by atoms with van der Waals surface area (Å²) in [4.78, 5) is 0. The number of aryl methyl sites for hydroxylation is 1. The average molecular weight is 439 g/mol. The zero-order valence-corrected chi connectivity index (χ0v) is 16.6. The maximum Gasteiger partial charge on any atom is 0.215 e. The Bertz CT molecular complexity index is 882. The Morgan fingerprint density at radius 3 is 2.24 bits per heavy atom. The van der Waals surface area contributed by atoms with Crippen LogP contribution in [0.1, 0.15) is 27.8 Å². The maximum atomic E-state index is 2.53. The predicted octanol–water partition coefficient (Wildman–Crippen LogP) is 1.61. The second kappa shape index (κ2) is 7.96. The van der Waals surface area contributed by atoms with Gasteiger partial charge in [0, 0.05) is 17.5 Å². The molecule has 1 aliphatic heterocycles. The van der Waals surface area contributed by atoms with Crippen LogP contribution in [0.2, 0.25) is 0 Å². The van der Waals surface area contributed by atoms with Gasteiger partial charge >= 0.3 is 0 Å². The summed E-state index contributed by atoms with van der Waals surface area (Å²) in [6.07, 6.45) is 1.11. The Hall–Kier alpha value is -1.94. The highest BCUT2D eigenvalue weighted by atomic mass is 127. The van der Waals surface area contributed by atoms with Gasteiger partial charge in [0.25, 0.3) is 0 Å². The van der Waals surface area contributed by atoms with Crippen LogP contribution in [0.25, 0.3) is 0 Å². The summed E-state index contributed by atoms with van der Waals surface area (Å²) in [5.74, 6) is 0. The lowest BCUT2D eigenvalue weighted by Crippen LogP contribution is -3.00. The minimum Gasteiger partial charge on any atom is -1.00 e. The van der Waals surface area contributed by atoms with Crippen molar-refractivity contribution >= 4 is 5.71 Å². The Morgan fingerprint density at radius 2 is 1.52 bits per heavy atom. The summed E-state index contributed by atoms with van der Waals surface area (Å²) in [6, 6.07) is 28.4. The molecule has 25 heavy (non-hydrogen) atoms. The normalized spacial score (nSPS) is 13.2. The molecule has 3 aromatic carbocycles. The molecule has 1 heterocycles. The molecule has 0 aliphatic carbocycles. The van der Waals surface area contributed by atoms with Crippen molar-refractivity contribution in [3.63, 3.8) is 0 Å². The third-order valence-corrected chi connectivity index (χ3v) is 4.75. The summed E-state index contributed by atoms with van der Waals surface area (Å²) >= 11 is 0. The van der Waals surface area contributed by atoms with Crippen LogP contribution in [-0.4, -0.2) is 16.8 Å². The van der Waals surface area contributed by atoms with Crippen molar-refractivity contribution in [1.82, 2.24) is 0 Å². The van der Waals surface area contributed by atoms with Crippen molar-refractivity contribution in [3.05, 3.63) is 107 Å². The van der Waals surface area contributed by atoms with Gasteiger partial charge in [-0.05, 0) is 30.7 Å². The van der Waals surface area contributed by atoms with Gasteiger partial charge in [0.15, 0.2) is 6.54 Å². The fourth-order valence-corrected chi connectivity index (χ4v) is 3.56. The van der Waals surface area contributed by atoms with Crippen LogP contribution in [0.5, 0.6) is 0 Å². The van der Waals surface area contributed by atoms with E-state index in [1.807, 2.05) is 0 Å². The van der Waals surface area contributed by atoms with Crippen LogP contribution in [0, 0.1) is 6.92 Å². The SMILES string of the molecule is Cc1ccc2c(c1)C(c1ccccc1)=[N+](Cc1ccccc1)CC2.[I-]. The van der Waals surface area contributed by atoms with E-state index in [0.29, 0.717) is 0 Å². The average Bonchev–Trinajstić information content (AvgIpc) is 2.63. The molecule has 0 saturated carbocycles. The molecule has 0 saturated heterocycles. The Balaban J connectivity index is 0.00000182. The number of hydrogen-bond acceptors (Lipinski definition) is 0. The zero-order valence-electron chi connectivity index (χ0n) is 14.5. The lowest BCUT2D eigenvalue weighted by Gasteiger charge is -2.19. The van der Waals surface area contributed by atoms with Gasteiger partial charge in [0.1, 0.15) is 6.54 Å². The van der Waals surface area contributed by atoms with E-state index < -0.39 is 0 Å². The number of nitrogens with zero attached hydrogens (tertiary/aromatic N) is 1. The highest BCUT2D eigenvalue weighted by Crippen LogP contribution is 2.22. The van der Waals surface area contributed by atoms with Gasteiger partial charge in [-0.3, -0.25) is 0 Å². The molecule has 3 aromatic rings. The van der Waals surface area contributed by atoms with Gasteiger partial charge in [-0.15, -0.1) is 0 Å². The zero-order chi connectivity index (χ0) is 16.4. The van der Waals surface area contributed by atoms with E-state index in [1.54, 1.807) is 0 Å². The number of rotatable bonds is 3. The molecule has 4 rings (SSSR count). The van der Waals surface area contributed by atoms with Crippen LogP contribution in [0.3, 0.4) is 0 Å². The molecule has 0 fully saturated rings. The van der Waals surface area contributed by atoms with Crippen molar-refractivity contribution in [2.75, 3.05) is 6.54 Å². The number of hydrogen-bond donors (Lipinski definition) is 0. The molecule has 0 unspecified atom stereocenters. The first-order valence-electron chi connectivity index (χ1n) is 8.62. The first-order valence-corrected chi connectivity index (χ1v) is 8.62. The summed E-state index contributed by atoms with van der Waals surface area (Å²) in [6.45, 7) is 4.20. The molecule has 0 spiro atoms. The smallest absolute Gasteiger partial charge is 0.215 e. The third kappa shape index (κ3) is 3.84. The molecule has 0 N–H and O–H groups in total. The predicted molar refractivity (Wildman–Crippen MR) is 99.8 cm³/mol. The first-order chi connectivity index (χ1) is 11.8. The Labute approximate surface area is 167 Å². The van der Waals surface area contributed by atoms with Crippen LogP contribution >= 0.6 is 0 Å². The number of benzene rings is 3. The largest absolute Gasteiger partial charge is 1.00 e. The van der Waals surface area contributed by atoms with Crippen molar-refractivity contribution in [2.45, 2.75) is 19.9 Å². The lowest BCUT2D eigenvalue weighted by atomic mass is 9.91. The van der Waals surface area contributed by atoms with E-state index in [-0.39, 0.29) is 24.0 Å². The number of fused-ring (bicyclic) bond motifs is 1. The van der Waals surface area contributed by atoms with Crippen LogP contribution < -0.4 is 24.0 Å². The van der Waals surface area contributed by atoms with Crippen molar-refractivity contribution in [3.8, 4) is 0 Å². The molecule has 0 amide bonds. The second-order valence-corrected chi connectivity index (χ2v) is 6.53. The van der Waals surface area contributed by atoms with Crippen molar-refractivity contribution < 1.29 is 28.6 Å². The first kappa shape index (κ1) is 17.9. The van der Waals surface area contributed by atoms with Crippen molar-refractivity contribution in [1.29, 1.82) is 0 Å². The summed E-state index contributed by atoms with van der Waals surface area (Å²) in [5, 5.41) is 0. The van der Waals surface area contributed by atoms with Crippen LogP contribution in [-0.2, 0) is 13.0 Å². The van der Waals surface area contributed by atoms with Crippen LogP contribution in [0.4, 0.5) is 0 Å². The number of halogens is 1. The molecule has 0 bridgehead atoms. The quantitative estimate of drug-likeness (QED) is 0.431. The van der Waals surface area contributed by atoms with Gasteiger partial charge in [-0.1, -0.05) is 66.2 Å². The summed E-state index contributed by atoms with van der Waals surface area (Å²) in [7, 11) is 0. The highest BCUT2D eigenvalue weighted by molar-refractivity contribution is 6.11. The maximum absolute atomic E-state index is 2.53. The van der Waals surface area contributed by atoms with E-state index in [9.17, 15) is 0 Å². The van der Waals surface area contributed by atoms with Gasteiger partial charge in [-0.25, -0.2) is 4.58 Å². The van der Waals surface area contributed by atoms with E-state index in [0.717, 1.165) is 19.5 Å². The molecule has 0 aromatic heterocycles. The van der Waals surface area contributed by atoms with Gasteiger partial charge < -0.3 is 24.0 Å². The van der Waals surface area contributed by atoms with E-state index in [2.05, 4.69) is 90.4 Å². The lowest BCUT2D eigenvalue weighted by molar-refractivity contribution is -0.544. The third-order valence-electron chi connectivity index (χ3n) is 4.75. The fourth-order valence-electron chi connectivity index (χ4n) is 3.56. The fraction of sp³-hybridized carbons (Fsp3) is 0.174. The molecule has 126 valence electrons. The van der Waals surface area contributed by atoms with Crippen LogP contribution in [0.15, 0.2) is 78.9 Å². The Morgan fingerprint density at radius 1 is 0.840 bits per heavy atom.